The van der Waals surface area contributed by atoms with Crippen molar-refractivity contribution in [2.75, 3.05) is 7.05 Å². The Bertz CT molecular complexity index is 788. The Hall–Kier alpha value is -1.70. The number of sulfonamides is 1. The molecule has 0 fully saturated rings. The zero-order chi connectivity index (χ0) is 17.6. The summed E-state index contributed by atoms with van der Waals surface area (Å²) in [6.45, 7) is 0.411. The molecule has 2 N–H and O–H groups in total. The average molecular weight is 411 g/mol. The molecule has 0 aliphatic carbocycles. The number of hydrogen-bond acceptors (Lipinski definition) is 3. The molecule has 0 radical (unpaired) electrons. The Morgan fingerprint density at radius 2 is 1.50 bits per heavy atom. The maximum Gasteiger partial charge on any atom is 0.224 e. The molecule has 0 spiro atoms. The van der Waals surface area contributed by atoms with Crippen molar-refractivity contribution in [1.82, 2.24) is 10.0 Å². The van der Waals surface area contributed by atoms with Crippen LogP contribution in [0.2, 0.25) is 0 Å². The van der Waals surface area contributed by atoms with Crippen molar-refractivity contribution in [3.63, 3.8) is 0 Å². The van der Waals surface area contributed by atoms with E-state index in [0.717, 1.165) is 15.6 Å². The van der Waals surface area contributed by atoms with E-state index in [1.54, 1.807) is 12.1 Å². The molecule has 24 heavy (non-hydrogen) atoms. The summed E-state index contributed by atoms with van der Waals surface area (Å²) in [4.78, 5) is 12.0. The van der Waals surface area contributed by atoms with E-state index < -0.39 is 10.0 Å². The van der Waals surface area contributed by atoms with Gasteiger partial charge in [0.2, 0.25) is 15.9 Å². The third-order valence-electron chi connectivity index (χ3n) is 3.46. The molecule has 1 amide bonds. The van der Waals surface area contributed by atoms with Gasteiger partial charge in [-0.3, -0.25) is 4.79 Å². The Morgan fingerprint density at radius 1 is 0.958 bits per heavy atom. The lowest BCUT2D eigenvalue weighted by molar-refractivity contribution is -0.120. The summed E-state index contributed by atoms with van der Waals surface area (Å²) in [5.41, 5.74) is 2.57. The second-order valence-corrected chi connectivity index (χ2v) is 8.20. The van der Waals surface area contributed by atoms with Crippen molar-refractivity contribution < 1.29 is 13.2 Å². The molecule has 0 aliphatic rings. The van der Waals surface area contributed by atoms with Crippen molar-refractivity contribution in [3.05, 3.63) is 69.7 Å². The molecule has 7 heteroatoms. The number of halogens is 1. The third-order valence-corrected chi connectivity index (χ3v) is 5.32. The molecule has 2 aromatic carbocycles. The van der Waals surface area contributed by atoms with Crippen molar-refractivity contribution in [2.45, 2.75) is 18.7 Å². The third kappa shape index (κ3) is 6.07. The summed E-state index contributed by atoms with van der Waals surface area (Å²) in [7, 11) is -1.88. The molecule has 0 bridgehead atoms. The second-order valence-electron chi connectivity index (χ2n) is 5.36. The van der Waals surface area contributed by atoms with Gasteiger partial charge >= 0.3 is 0 Å². The molecule has 0 aliphatic heterocycles. The highest BCUT2D eigenvalue weighted by atomic mass is 79.9. The molecule has 0 saturated carbocycles. The Kier molecular flexibility index (Phi) is 6.53. The van der Waals surface area contributed by atoms with Gasteiger partial charge in [0.15, 0.2) is 0 Å². The largest absolute Gasteiger partial charge is 0.352 e. The molecule has 5 nitrogen and oxygen atoms in total. The van der Waals surface area contributed by atoms with Crippen LogP contribution in [-0.4, -0.2) is 21.4 Å². The normalized spacial score (nSPS) is 11.2. The second kappa shape index (κ2) is 8.41. The number of carbonyl (C=O) groups is 1. The van der Waals surface area contributed by atoms with E-state index >= 15 is 0 Å². The summed E-state index contributed by atoms with van der Waals surface area (Å²) < 4.78 is 26.2. The summed E-state index contributed by atoms with van der Waals surface area (Å²) in [6.07, 6.45) is 0.325. The number of hydrogen-bond donors (Lipinski definition) is 2. The van der Waals surface area contributed by atoms with Crippen LogP contribution in [0, 0.1) is 0 Å². The van der Waals surface area contributed by atoms with Crippen LogP contribution in [-0.2, 0) is 33.5 Å². The van der Waals surface area contributed by atoms with Crippen LogP contribution in [0.1, 0.15) is 16.7 Å². The van der Waals surface area contributed by atoms with Crippen LogP contribution in [0.15, 0.2) is 53.0 Å². The summed E-state index contributed by atoms with van der Waals surface area (Å²) in [5.74, 6) is -0.112. The number of carbonyl (C=O) groups excluding carboxylic acids is 1. The molecular formula is C17H19BrN2O3S. The summed E-state index contributed by atoms with van der Waals surface area (Å²) >= 11 is 3.36. The zero-order valence-electron chi connectivity index (χ0n) is 13.3. The first-order chi connectivity index (χ1) is 11.4. The first-order valence-corrected chi connectivity index (χ1v) is 9.83. The SMILES string of the molecule is CNS(=O)(=O)Cc1ccc(CNC(=O)Cc2ccc(Br)cc2)cc1. The number of benzene rings is 2. The van der Waals surface area contributed by atoms with Crippen LogP contribution in [0.5, 0.6) is 0 Å². The van der Waals surface area contributed by atoms with E-state index in [1.165, 1.54) is 7.05 Å². The Morgan fingerprint density at radius 3 is 2.08 bits per heavy atom. The molecule has 0 atom stereocenters. The van der Waals surface area contributed by atoms with Gasteiger partial charge < -0.3 is 5.32 Å². The quantitative estimate of drug-likeness (QED) is 0.735. The minimum absolute atomic E-state index is 0.0558. The summed E-state index contributed by atoms with van der Waals surface area (Å²) in [5, 5.41) is 2.86. The van der Waals surface area contributed by atoms with Gasteiger partial charge in [-0.05, 0) is 35.9 Å². The highest BCUT2D eigenvalue weighted by molar-refractivity contribution is 9.10. The van der Waals surface area contributed by atoms with Gasteiger partial charge in [0.1, 0.15) is 0 Å². The van der Waals surface area contributed by atoms with Gasteiger partial charge in [0.05, 0.1) is 12.2 Å². The van der Waals surface area contributed by atoms with Crippen molar-refractivity contribution >= 4 is 31.9 Å². The maximum atomic E-state index is 12.0. The van der Waals surface area contributed by atoms with E-state index in [4.69, 9.17) is 0 Å². The molecular weight excluding hydrogens is 392 g/mol. The minimum atomic E-state index is -3.27. The van der Waals surface area contributed by atoms with Crippen LogP contribution in [0.3, 0.4) is 0 Å². The molecule has 0 unspecified atom stereocenters. The maximum absolute atomic E-state index is 12.0. The number of amides is 1. The summed E-state index contributed by atoms with van der Waals surface area (Å²) in [6, 6.07) is 14.8. The van der Waals surface area contributed by atoms with Crippen molar-refractivity contribution in [2.24, 2.45) is 0 Å². The first kappa shape index (κ1) is 18.6. The van der Waals surface area contributed by atoms with E-state index in [9.17, 15) is 13.2 Å². The van der Waals surface area contributed by atoms with Crippen LogP contribution in [0.25, 0.3) is 0 Å². The first-order valence-electron chi connectivity index (χ1n) is 7.38. The van der Waals surface area contributed by atoms with Crippen LogP contribution < -0.4 is 10.0 Å². The van der Waals surface area contributed by atoms with E-state index in [-0.39, 0.29) is 11.7 Å². The molecule has 128 valence electrons. The molecule has 0 saturated heterocycles. The molecule has 0 heterocycles. The zero-order valence-corrected chi connectivity index (χ0v) is 15.7. The highest BCUT2D eigenvalue weighted by Gasteiger charge is 2.08. The van der Waals surface area contributed by atoms with Gasteiger partial charge in [0.25, 0.3) is 0 Å². The number of rotatable bonds is 7. The van der Waals surface area contributed by atoms with E-state index in [1.807, 2.05) is 36.4 Å². The van der Waals surface area contributed by atoms with Crippen LogP contribution in [0.4, 0.5) is 0 Å². The lowest BCUT2D eigenvalue weighted by atomic mass is 10.1. The molecule has 0 aromatic heterocycles. The molecule has 2 aromatic rings. The highest BCUT2D eigenvalue weighted by Crippen LogP contribution is 2.11. The van der Waals surface area contributed by atoms with Gasteiger partial charge in [0, 0.05) is 11.0 Å². The number of nitrogens with one attached hydrogen (secondary N) is 2. The fourth-order valence-electron chi connectivity index (χ4n) is 2.10. The van der Waals surface area contributed by atoms with Gasteiger partial charge in [-0.15, -0.1) is 0 Å². The van der Waals surface area contributed by atoms with Gasteiger partial charge in [-0.1, -0.05) is 52.3 Å². The van der Waals surface area contributed by atoms with Crippen molar-refractivity contribution in [1.29, 1.82) is 0 Å². The predicted molar refractivity (Wildman–Crippen MR) is 97.8 cm³/mol. The topological polar surface area (TPSA) is 75.3 Å². The average Bonchev–Trinajstić information content (AvgIpc) is 2.56. The smallest absolute Gasteiger partial charge is 0.224 e. The van der Waals surface area contributed by atoms with Gasteiger partial charge in [-0.2, -0.15) is 0 Å². The fourth-order valence-corrected chi connectivity index (χ4v) is 3.14. The molecule has 2 rings (SSSR count). The minimum Gasteiger partial charge on any atom is -0.352 e. The van der Waals surface area contributed by atoms with Crippen molar-refractivity contribution in [3.8, 4) is 0 Å². The standard InChI is InChI=1S/C17H19BrN2O3S/c1-19-24(22,23)12-15-4-2-14(3-5-15)11-20-17(21)10-13-6-8-16(18)9-7-13/h2-9,19H,10-12H2,1H3,(H,20,21). The Balaban J connectivity index is 1.85. The lowest BCUT2D eigenvalue weighted by Gasteiger charge is -2.07. The Labute approximate surface area is 150 Å². The van der Waals surface area contributed by atoms with Gasteiger partial charge in [-0.25, -0.2) is 13.1 Å². The monoisotopic (exact) mass is 410 g/mol. The lowest BCUT2D eigenvalue weighted by Crippen LogP contribution is -2.24. The van der Waals surface area contributed by atoms with Crippen LogP contribution >= 0.6 is 15.9 Å². The van der Waals surface area contributed by atoms with E-state index in [2.05, 4.69) is 26.0 Å². The van der Waals surface area contributed by atoms with E-state index in [0.29, 0.717) is 18.5 Å². The fraction of sp³-hybridized carbons (Fsp3) is 0.235. The predicted octanol–water partition coefficient (Wildman–Crippen LogP) is 2.36.